The van der Waals surface area contributed by atoms with Crippen molar-refractivity contribution >= 4 is 5.91 Å². The lowest BCUT2D eigenvalue weighted by atomic mass is 9.89. The van der Waals surface area contributed by atoms with Gasteiger partial charge in [0.15, 0.2) is 0 Å². The van der Waals surface area contributed by atoms with Crippen molar-refractivity contribution < 1.29 is 4.79 Å². The Bertz CT molecular complexity index is 535. The maximum absolute atomic E-state index is 13.0. The van der Waals surface area contributed by atoms with Crippen LogP contribution in [0.1, 0.15) is 31.2 Å². The van der Waals surface area contributed by atoms with Crippen LogP contribution in [0.15, 0.2) is 12.4 Å². The highest BCUT2D eigenvalue weighted by Gasteiger charge is 2.38. The smallest absolute Gasteiger partial charge is 0.227 e. The first-order chi connectivity index (χ1) is 11.1. The van der Waals surface area contributed by atoms with E-state index < -0.39 is 0 Å². The minimum atomic E-state index is 0.0356. The van der Waals surface area contributed by atoms with Crippen LogP contribution < -0.4 is 5.32 Å². The molecule has 6 nitrogen and oxygen atoms in total. The zero-order valence-electron chi connectivity index (χ0n) is 14.5. The summed E-state index contributed by atoms with van der Waals surface area (Å²) in [5, 5.41) is 7.66. The molecular weight excluding hydrogens is 290 g/mol. The lowest BCUT2D eigenvalue weighted by Gasteiger charge is -2.37. The summed E-state index contributed by atoms with van der Waals surface area (Å²) in [5.41, 5.74) is 1.17. The van der Waals surface area contributed by atoms with Crippen LogP contribution in [-0.4, -0.2) is 71.3 Å². The van der Waals surface area contributed by atoms with Crippen LogP contribution >= 0.6 is 0 Å². The summed E-state index contributed by atoms with van der Waals surface area (Å²) in [6.07, 6.45) is 6.12. The molecule has 2 fully saturated rings. The maximum atomic E-state index is 13.0. The Kier molecular flexibility index (Phi) is 5.02. The quantitative estimate of drug-likeness (QED) is 0.886. The maximum Gasteiger partial charge on any atom is 0.227 e. The number of amides is 1. The van der Waals surface area contributed by atoms with Crippen LogP contribution in [0.25, 0.3) is 0 Å². The topological polar surface area (TPSA) is 53.4 Å². The molecule has 3 heterocycles. The van der Waals surface area contributed by atoms with Gasteiger partial charge >= 0.3 is 0 Å². The average molecular weight is 319 g/mol. The molecule has 0 unspecified atom stereocenters. The van der Waals surface area contributed by atoms with Gasteiger partial charge in [-0.25, -0.2) is 0 Å². The molecule has 2 aliphatic heterocycles. The van der Waals surface area contributed by atoms with E-state index >= 15 is 0 Å². The first kappa shape index (κ1) is 16.5. The molecule has 1 N–H and O–H groups in total. The van der Waals surface area contributed by atoms with Gasteiger partial charge in [-0.1, -0.05) is 6.92 Å². The Balaban J connectivity index is 1.64. The molecular formula is C17H29N5O. The first-order valence-electron chi connectivity index (χ1n) is 8.78. The predicted octanol–water partition coefficient (Wildman–Crippen LogP) is 0.666. The van der Waals surface area contributed by atoms with Gasteiger partial charge in [-0.05, 0) is 24.9 Å². The molecule has 1 amide bonds. The van der Waals surface area contributed by atoms with Crippen molar-refractivity contribution in [2.45, 2.75) is 31.7 Å². The van der Waals surface area contributed by atoms with Crippen LogP contribution in [0.2, 0.25) is 0 Å². The number of rotatable bonds is 4. The second kappa shape index (κ2) is 7.01. The largest absolute Gasteiger partial charge is 0.342 e. The normalized spacial score (nSPS) is 26.6. The third-order valence-corrected chi connectivity index (χ3v) is 5.58. The third-order valence-electron chi connectivity index (χ3n) is 5.58. The highest BCUT2D eigenvalue weighted by molar-refractivity contribution is 5.80. The van der Waals surface area contributed by atoms with Gasteiger partial charge < -0.3 is 15.1 Å². The molecule has 0 aliphatic carbocycles. The number of aromatic nitrogens is 2. The summed E-state index contributed by atoms with van der Waals surface area (Å²) in [5.74, 6) is 0.571. The number of carbonyl (C=O) groups excluding carboxylic acids is 1. The fourth-order valence-corrected chi connectivity index (χ4v) is 3.98. The van der Waals surface area contributed by atoms with Crippen LogP contribution in [0.4, 0.5) is 0 Å². The van der Waals surface area contributed by atoms with Gasteiger partial charge in [0.2, 0.25) is 5.91 Å². The number of likely N-dealkylation sites (tertiary alicyclic amines) is 1. The van der Waals surface area contributed by atoms with Crippen molar-refractivity contribution in [2.75, 3.05) is 39.8 Å². The summed E-state index contributed by atoms with van der Waals surface area (Å²) in [6, 6.07) is 0.389. The predicted molar refractivity (Wildman–Crippen MR) is 90.2 cm³/mol. The van der Waals surface area contributed by atoms with Crippen LogP contribution in [-0.2, 0) is 11.8 Å². The molecule has 1 aromatic heterocycles. The molecule has 0 aromatic carbocycles. The minimum Gasteiger partial charge on any atom is -0.342 e. The Morgan fingerprint density at radius 2 is 2.13 bits per heavy atom. The standard InChI is InChI=1S/C17H29N5O/c1-4-22-7-5-14(6-8-22)21(3)17(23)16-11-18-10-15(16)13-9-19-20(2)12-13/h9,12,14-16,18H,4-8,10-11H2,1-3H3/t15-,16+/m1/s1. The van der Waals surface area contributed by atoms with Gasteiger partial charge in [-0.3, -0.25) is 9.48 Å². The van der Waals surface area contributed by atoms with E-state index in [1.54, 1.807) is 0 Å². The highest BCUT2D eigenvalue weighted by atomic mass is 16.2. The Labute approximate surface area is 138 Å². The minimum absolute atomic E-state index is 0.0356. The van der Waals surface area contributed by atoms with E-state index in [1.807, 2.05) is 36.1 Å². The Morgan fingerprint density at radius 3 is 2.74 bits per heavy atom. The molecule has 0 spiro atoms. The number of nitrogens with one attached hydrogen (secondary N) is 1. The third kappa shape index (κ3) is 3.43. The van der Waals surface area contributed by atoms with Crippen molar-refractivity contribution in [1.82, 2.24) is 24.9 Å². The van der Waals surface area contributed by atoms with Gasteiger partial charge in [-0.15, -0.1) is 0 Å². The molecule has 128 valence electrons. The van der Waals surface area contributed by atoms with Crippen LogP contribution in [0.3, 0.4) is 0 Å². The monoisotopic (exact) mass is 319 g/mol. The number of hydrogen-bond acceptors (Lipinski definition) is 4. The zero-order valence-corrected chi connectivity index (χ0v) is 14.5. The Hall–Kier alpha value is -1.40. The van der Waals surface area contributed by atoms with Gasteiger partial charge in [0.25, 0.3) is 0 Å². The number of piperidine rings is 1. The number of carbonyl (C=O) groups is 1. The lowest BCUT2D eigenvalue weighted by molar-refractivity contribution is -0.137. The van der Waals surface area contributed by atoms with Gasteiger partial charge in [0, 0.05) is 58.4 Å². The molecule has 3 rings (SSSR count). The number of hydrogen-bond donors (Lipinski definition) is 1. The molecule has 1 aromatic rings. The van der Waals surface area contributed by atoms with Crippen molar-refractivity contribution in [3.05, 3.63) is 18.0 Å². The molecule has 0 bridgehead atoms. The average Bonchev–Trinajstić information content (AvgIpc) is 3.22. The summed E-state index contributed by atoms with van der Waals surface area (Å²) in [6.45, 7) is 7.17. The summed E-state index contributed by atoms with van der Waals surface area (Å²) >= 11 is 0. The second-order valence-electron chi connectivity index (χ2n) is 6.93. The van der Waals surface area contributed by atoms with Crippen molar-refractivity contribution in [3.8, 4) is 0 Å². The number of aryl methyl sites for hydroxylation is 1. The molecule has 6 heteroatoms. The second-order valence-corrected chi connectivity index (χ2v) is 6.93. The molecule has 2 aliphatic rings. The van der Waals surface area contributed by atoms with Gasteiger partial charge in [-0.2, -0.15) is 5.10 Å². The fraction of sp³-hybridized carbons (Fsp3) is 0.765. The van der Waals surface area contributed by atoms with Gasteiger partial charge in [0.05, 0.1) is 12.1 Å². The van der Waals surface area contributed by atoms with E-state index in [2.05, 4.69) is 22.2 Å². The molecule has 2 saturated heterocycles. The zero-order chi connectivity index (χ0) is 16.4. The first-order valence-corrected chi connectivity index (χ1v) is 8.78. The highest BCUT2D eigenvalue weighted by Crippen LogP contribution is 2.30. The van der Waals surface area contributed by atoms with E-state index in [9.17, 15) is 4.79 Å². The summed E-state index contributed by atoms with van der Waals surface area (Å²) in [7, 11) is 3.92. The van der Waals surface area contributed by atoms with E-state index in [0.29, 0.717) is 11.9 Å². The molecule has 23 heavy (non-hydrogen) atoms. The van der Waals surface area contributed by atoms with E-state index in [-0.39, 0.29) is 11.8 Å². The van der Waals surface area contributed by atoms with Crippen molar-refractivity contribution in [2.24, 2.45) is 13.0 Å². The van der Waals surface area contributed by atoms with Crippen LogP contribution in [0, 0.1) is 5.92 Å². The van der Waals surface area contributed by atoms with Crippen LogP contribution in [0.5, 0.6) is 0 Å². The lowest BCUT2D eigenvalue weighted by Crippen LogP contribution is -2.48. The van der Waals surface area contributed by atoms with E-state index in [1.165, 1.54) is 5.56 Å². The van der Waals surface area contributed by atoms with E-state index in [4.69, 9.17) is 0 Å². The van der Waals surface area contributed by atoms with Crippen molar-refractivity contribution in [1.29, 1.82) is 0 Å². The summed E-state index contributed by atoms with van der Waals surface area (Å²) in [4.78, 5) is 17.5. The molecule has 0 saturated carbocycles. The Morgan fingerprint density at radius 1 is 1.39 bits per heavy atom. The fourth-order valence-electron chi connectivity index (χ4n) is 3.98. The van der Waals surface area contributed by atoms with E-state index in [0.717, 1.165) is 45.6 Å². The summed E-state index contributed by atoms with van der Waals surface area (Å²) < 4.78 is 1.82. The van der Waals surface area contributed by atoms with Gasteiger partial charge in [0.1, 0.15) is 0 Å². The SMILES string of the molecule is CCN1CCC(N(C)C(=O)[C@H]2CNC[C@@H]2c2cnn(C)c2)CC1. The van der Waals surface area contributed by atoms with Crippen molar-refractivity contribution in [3.63, 3.8) is 0 Å². The molecule has 0 radical (unpaired) electrons. The number of nitrogens with zero attached hydrogens (tertiary/aromatic N) is 4. The molecule has 2 atom stereocenters.